The molecule has 2 heterocycles. The van der Waals surface area contributed by atoms with Gasteiger partial charge in [0.2, 0.25) is 6.79 Å². The lowest BCUT2D eigenvalue weighted by molar-refractivity contribution is 0.0921. The van der Waals surface area contributed by atoms with Gasteiger partial charge in [0.25, 0.3) is 5.91 Å². The summed E-state index contributed by atoms with van der Waals surface area (Å²) in [7, 11) is 0. The quantitative estimate of drug-likeness (QED) is 0.702. The number of carbonyl (C=O) groups is 1. The molecule has 0 bridgehead atoms. The third-order valence-electron chi connectivity index (χ3n) is 4.04. The van der Waals surface area contributed by atoms with Crippen molar-refractivity contribution in [3.05, 3.63) is 60.2 Å². The van der Waals surface area contributed by atoms with E-state index in [0.717, 1.165) is 0 Å². The zero-order valence-corrected chi connectivity index (χ0v) is 15.0. The summed E-state index contributed by atoms with van der Waals surface area (Å²) in [6, 6.07) is 10.7. The predicted molar refractivity (Wildman–Crippen MR) is 96.3 cm³/mol. The van der Waals surface area contributed by atoms with Crippen LogP contribution in [0, 0.1) is 5.82 Å². The van der Waals surface area contributed by atoms with Crippen LogP contribution in [0.2, 0.25) is 0 Å². The molecule has 0 fully saturated rings. The molecule has 3 aromatic rings. The molecule has 1 N–H and O–H groups in total. The van der Waals surface area contributed by atoms with Gasteiger partial charge in [0, 0.05) is 6.07 Å². The van der Waals surface area contributed by atoms with E-state index in [0.29, 0.717) is 22.9 Å². The molecule has 28 heavy (non-hydrogen) atoms. The van der Waals surface area contributed by atoms with Crippen LogP contribution in [-0.2, 0) is 0 Å². The van der Waals surface area contributed by atoms with Crippen LogP contribution < -0.4 is 19.5 Å². The van der Waals surface area contributed by atoms with Crippen molar-refractivity contribution in [1.29, 1.82) is 0 Å². The average molecular weight is 384 g/mol. The summed E-state index contributed by atoms with van der Waals surface area (Å²) >= 11 is 0. The number of benzene rings is 2. The van der Waals surface area contributed by atoms with Gasteiger partial charge in [-0.2, -0.15) is 0 Å². The molecule has 0 unspecified atom stereocenters. The highest BCUT2D eigenvalue weighted by Gasteiger charge is 2.16. The second-order valence-electron chi connectivity index (χ2n) is 6.23. The van der Waals surface area contributed by atoms with Gasteiger partial charge in [-0.1, -0.05) is 5.21 Å². The fraction of sp³-hybridized carbons (Fsp3) is 0.211. The van der Waals surface area contributed by atoms with E-state index in [1.54, 1.807) is 30.3 Å². The first-order valence-corrected chi connectivity index (χ1v) is 8.60. The maximum Gasteiger partial charge on any atom is 0.273 e. The van der Waals surface area contributed by atoms with Gasteiger partial charge in [0.05, 0.1) is 17.9 Å². The van der Waals surface area contributed by atoms with E-state index in [-0.39, 0.29) is 36.9 Å². The van der Waals surface area contributed by atoms with Crippen molar-refractivity contribution in [1.82, 2.24) is 20.3 Å². The van der Waals surface area contributed by atoms with Crippen LogP contribution in [0.5, 0.6) is 17.2 Å². The fourth-order valence-corrected chi connectivity index (χ4v) is 2.62. The number of rotatable bonds is 6. The molecule has 0 spiro atoms. The van der Waals surface area contributed by atoms with Crippen LogP contribution in [0.1, 0.15) is 17.4 Å². The van der Waals surface area contributed by atoms with Gasteiger partial charge in [-0.15, -0.1) is 5.10 Å². The third-order valence-corrected chi connectivity index (χ3v) is 4.04. The Labute approximate surface area is 159 Å². The molecule has 1 aliphatic rings. The number of nitrogens with zero attached hydrogens (tertiary/aromatic N) is 3. The van der Waals surface area contributed by atoms with Gasteiger partial charge < -0.3 is 19.5 Å². The molecule has 8 nitrogen and oxygen atoms in total. The van der Waals surface area contributed by atoms with E-state index in [1.807, 2.05) is 6.92 Å². The number of amides is 1. The summed E-state index contributed by atoms with van der Waals surface area (Å²) in [6.45, 7) is 2.27. The Balaban J connectivity index is 1.32. The van der Waals surface area contributed by atoms with Crippen molar-refractivity contribution >= 4 is 5.91 Å². The zero-order chi connectivity index (χ0) is 19.5. The van der Waals surface area contributed by atoms with Crippen LogP contribution >= 0.6 is 0 Å². The molecule has 1 aliphatic heterocycles. The van der Waals surface area contributed by atoms with E-state index in [4.69, 9.17) is 14.2 Å². The minimum Gasteiger partial charge on any atom is -0.491 e. The Kier molecular flexibility index (Phi) is 4.79. The number of carbonyl (C=O) groups excluding carboxylic acids is 1. The number of halogens is 1. The Morgan fingerprint density at radius 1 is 1.25 bits per heavy atom. The summed E-state index contributed by atoms with van der Waals surface area (Å²) in [5, 5.41) is 10.6. The van der Waals surface area contributed by atoms with Crippen LogP contribution in [-0.4, -0.2) is 40.3 Å². The average Bonchev–Trinajstić information content (AvgIpc) is 3.36. The Hall–Kier alpha value is -3.62. The first kappa shape index (κ1) is 17.8. The number of hydrogen-bond acceptors (Lipinski definition) is 6. The number of ether oxygens (including phenoxy) is 3. The van der Waals surface area contributed by atoms with Gasteiger partial charge in [0.1, 0.15) is 18.2 Å². The van der Waals surface area contributed by atoms with Crippen molar-refractivity contribution in [3.8, 4) is 22.9 Å². The summed E-state index contributed by atoms with van der Waals surface area (Å²) < 4.78 is 30.7. The third kappa shape index (κ3) is 3.88. The highest BCUT2D eigenvalue weighted by atomic mass is 19.1. The Morgan fingerprint density at radius 3 is 2.86 bits per heavy atom. The van der Waals surface area contributed by atoms with E-state index >= 15 is 0 Å². The lowest BCUT2D eigenvalue weighted by Crippen LogP contribution is -2.37. The maximum atomic E-state index is 13.0. The van der Waals surface area contributed by atoms with Gasteiger partial charge in [-0.05, 0) is 43.3 Å². The topological polar surface area (TPSA) is 87.5 Å². The smallest absolute Gasteiger partial charge is 0.273 e. The monoisotopic (exact) mass is 384 g/mol. The molecule has 144 valence electrons. The molecule has 0 saturated carbocycles. The highest BCUT2D eigenvalue weighted by Crippen LogP contribution is 2.35. The minimum atomic E-state index is -0.379. The van der Waals surface area contributed by atoms with Crippen LogP contribution in [0.4, 0.5) is 4.39 Å². The van der Waals surface area contributed by atoms with Crippen molar-refractivity contribution in [2.24, 2.45) is 0 Å². The highest BCUT2D eigenvalue weighted by molar-refractivity contribution is 5.92. The first-order valence-electron chi connectivity index (χ1n) is 8.60. The molecule has 1 amide bonds. The molecular formula is C19H17FN4O4. The molecule has 4 rings (SSSR count). The molecular weight excluding hydrogens is 367 g/mol. The summed E-state index contributed by atoms with van der Waals surface area (Å²) in [4.78, 5) is 12.3. The molecule has 0 aliphatic carbocycles. The van der Waals surface area contributed by atoms with Crippen LogP contribution in [0.15, 0.2) is 48.7 Å². The fourth-order valence-electron chi connectivity index (χ4n) is 2.62. The molecule has 1 atom stereocenters. The SMILES string of the molecule is C[C@@H](COc1ccc2c(c1)OCO2)NC(=O)c1cn(-c2ccc(F)cc2)nn1. The molecule has 2 aromatic carbocycles. The van der Waals surface area contributed by atoms with Crippen molar-refractivity contribution in [2.45, 2.75) is 13.0 Å². The predicted octanol–water partition coefficient (Wildman–Crippen LogP) is 2.33. The number of nitrogens with one attached hydrogen (secondary N) is 1. The summed E-state index contributed by atoms with van der Waals surface area (Å²) in [5.41, 5.74) is 0.756. The Bertz CT molecular complexity index is 990. The lowest BCUT2D eigenvalue weighted by Gasteiger charge is -2.14. The summed E-state index contributed by atoms with van der Waals surface area (Å²) in [5.74, 6) is 1.20. The van der Waals surface area contributed by atoms with Gasteiger partial charge >= 0.3 is 0 Å². The molecule has 9 heteroatoms. The minimum absolute atomic E-state index is 0.152. The van der Waals surface area contributed by atoms with Crippen molar-refractivity contribution in [2.75, 3.05) is 13.4 Å². The zero-order valence-electron chi connectivity index (χ0n) is 15.0. The van der Waals surface area contributed by atoms with Crippen LogP contribution in [0.25, 0.3) is 5.69 Å². The van der Waals surface area contributed by atoms with E-state index in [1.165, 1.54) is 23.0 Å². The van der Waals surface area contributed by atoms with Gasteiger partial charge in [0.15, 0.2) is 17.2 Å². The second-order valence-corrected chi connectivity index (χ2v) is 6.23. The maximum absolute atomic E-state index is 13.0. The number of hydrogen-bond donors (Lipinski definition) is 1. The van der Waals surface area contributed by atoms with E-state index in [2.05, 4.69) is 15.6 Å². The molecule has 0 radical (unpaired) electrons. The molecule has 1 aromatic heterocycles. The lowest BCUT2D eigenvalue weighted by atomic mass is 10.3. The van der Waals surface area contributed by atoms with Gasteiger partial charge in [-0.3, -0.25) is 4.79 Å². The number of fused-ring (bicyclic) bond motifs is 1. The Morgan fingerprint density at radius 2 is 2.04 bits per heavy atom. The number of aromatic nitrogens is 3. The van der Waals surface area contributed by atoms with Crippen molar-refractivity contribution in [3.63, 3.8) is 0 Å². The van der Waals surface area contributed by atoms with Crippen molar-refractivity contribution < 1.29 is 23.4 Å². The van der Waals surface area contributed by atoms with E-state index in [9.17, 15) is 9.18 Å². The normalized spacial score (nSPS) is 13.2. The van der Waals surface area contributed by atoms with E-state index < -0.39 is 0 Å². The summed E-state index contributed by atoms with van der Waals surface area (Å²) in [6.07, 6.45) is 1.48. The molecule has 0 saturated heterocycles. The van der Waals surface area contributed by atoms with Gasteiger partial charge in [-0.25, -0.2) is 9.07 Å². The standard InChI is InChI=1S/C19H17FN4O4/c1-12(10-26-15-6-7-17-18(8-15)28-11-27-17)21-19(25)16-9-24(23-22-16)14-4-2-13(20)3-5-14/h2-9,12H,10-11H2,1H3,(H,21,25)/t12-/m0/s1. The first-order chi connectivity index (χ1) is 13.6. The van der Waals surface area contributed by atoms with Crippen LogP contribution in [0.3, 0.4) is 0 Å². The largest absolute Gasteiger partial charge is 0.491 e. The second kappa shape index (κ2) is 7.55.